The molecule has 0 bridgehead atoms. The first-order valence-electron chi connectivity index (χ1n) is 8.15. The first-order valence-corrected chi connectivity index (χ1v) is 10.4. The highest BCUT2D eigenvalue weighted by Crippen LogP contribution is 2.27. The lowest BCUT2D eigenvalue weighted by Gasteiger charge is -2.09. The second-order valence-corrected chi connectivity index (χ2v) is 8.29. The van der Waals surface area contributed by atoms with Crippen LogP contribution in [0.5, 0.6) is 0 Å². The third-order valence-corrected chi connectivity index (χ3v) is 5.89. The molecule has 0 unspecified atom stereocenters. The summed E-state index contributed by atoms with van der Waals surface area (Å²) in [7, 11) is 0. The minimum atomic E-state index is -0.0982. The van der Waals surface area contributed by atoms with E-state index in [9.17, 15) is 4.79 Å². The number of nitrogens with one attached hydrogen (secondary N) is 1. The van der Waals surface area contributed by atoms with Crippen molar-refractivity contribution in [2.24, 2.45) is 0 Å². The first-order chi connectivity index (χ1) is 12.5. The van der Waals surface area contributed by atoms with Crippen molar-refractivity contribution in [2.75, 3.05) is 11.1 Å². The van der Waals surface area contributed by atoms with Gasteiger partial charge >= 0.3 is 0 Å². The van der Waals surface area contributed by atoms with E-state index in [4.69, 9.17) is 11.6 Å². The SMILES string of the molecule is CCn1c(SCC(=O)Nc2cc(Cl)ccc2C)nnc1-c1csc(C)c1. The highest BCUT2D eigenvalue weighted by atomic mass is 35.5. The molecule has 1 amide bonds. The second-order valence-electron chi connectivity index (χ2n) is 5.79. The van der Waals surface area contributed by atoms with Crippen LogP contribution in [0.3, 0.4) is 0 Å². The molecule has 0 atom stereocenters. The Balaban J connectivity index is 1.69. The molecule has 5 nitrogen and oxygen atoms in total. The lowest BCUT2D eigenvalue weighted by molar-refractivity contribution is -0.113. The highest BCUT2D eigenvalue weighted by Gasteiger charge is 2.15. The lowest BCUT2D eigenvalue weighted by Crippen LogP contribution is -2.15. The fourth-order valence-corrected chi connectivity index (χ4v) is 4.16. The van der Waals surface area contributed by atoms with Crippen LogP contribution < -0.4 is 5.32 Å². The van der Waals surface area contributed by atoms with Gasteiger partial charge in [-0.25, -0.2) is 0 Å². The Morgan fingerprint density at radius 3 is 2.81 bits per heavy atom. The maximum absolute atomic E-state index is 12.3. The summed E-state index contributed by atoms with van der Waals surface area (Å²) in [5, 5.41) is 14.9. The summed E-state index contributed by atoms with van der Waals surface area (Å²) in [4.78, 5) is 13.5. The number of carbonyl (C=O) groups excluding carboxylic acids is 1. The minimum absolute atomic E-state index is 0.0982. The third-order valence-electron chi connectivity index (χ3n) is 3.83. The Morgan fingerprint density at radius 1 is 1.31 bits per heavy atom. The molecule has 3 rings (SSSR count). The van der Waals surface area contributed by atoms with E-state index in [1.165, 1.54) is 16.6 Å². The number of thiophene rings is 1. The number of aromatic nitrogens is 3. The Labute approximate surface area is 165 Å². The van der Waals surface area contributed by atoms with Crippen LogP contribution in [0.1, 0.15) is 17.4 Å². The van der Waals surface area contributed by atoms with E-state index in [-0.39, 0.29) is 11.7 Å². The van der Waals surface area contributed by atoms with Crippen molar-refractivity contribution in [3.63, 3.8) is 0 Å². The molecular formula is C18H19ClN4OS2. The topological polar surface area (TPSA) is 59.8 Å². The van der Waals surface area contributed by atoms with Crippen LogP contribution in [0.25, 0.3) is 11.4 Å². The van der Waals surface area contributed by atoms with Crippen LogP contribution in [-0.2, 0) is 11.3 Å². The number of aryl methyl sites for hydroxylation is 2. The fraction of sp³-hybridized carbons (Fsp3) is 0.278. The highest BCUT2D eigenvalue weighted by molar-refractivity contribution is 7.99. The van der Waals surface area contributed by atoms with E-state index < -0.39 is 0 Å². The molecule has 8 heteroatoms. The monoisotopic (exact) mass is 406 g/mol. The number of anilines is 1. The van der Waals surface area contributed by atoms with Crippen molar-refractivity contribution < 1.29 is 4.79 Å². The molecular weight excluding hydrogens is 388 g/mol. The van der Waals surface area contributed by atoms with Crippen LogP contribution >= 0.6 is 34.7 Å². The van der Waals surface area contributed by atoms with Crippen molar-refractivity contribution in [3.8, 4) is 11.4 Å². The zero-order chi connectivity index (χ0) is 18.7. The van der Waals surface area contributed by atoms with Gasteiger partial charge in [0.15, 0.2) is 11.0 Å². The number of halogens is 1. The second kappa shape index (κ2) is 8.24. The average molecular weight is 407 g/mol. The van der Waals surface area contributed by atoms with Gasteiger partial charge < -0.3 is 9.88 Å². The Kier molecular flexibility index (Phi) is 6.01. The summed E-state index contributed by atoms with van der Waals surface area (Å²) >= 11 is 9.06. The summed E-state index contributed by atoms with van der Waals surface area (Å²) in [5.41, 5.74) is 2.77. The largest absolute Gasteiger partial charge is 0.325 e. The van der Waals surface area contributed by atoms with Crippen molar-refractivity contribution in [3.05, 3.63) is 45.1 Å². The zero-order valence-electron chi connectivity index (χ0n) is 14.7. The van der Waals surface area contributed by atoms with Crippen LogP contribution in [0.15, 0.2) is 34.8 Å². The molecule has 0 radical (unpaired) electrons. The average Bonchev–Trinajstić information content (AvgIpc) is 3.21. The van der Waals surface area contributed by atoms with Crippen LogP contribution in [0.2, 0.25) is 5.02 Å². The minimum Gasteiger partial charge on any atom is -0.325 e. The molecule has 1 aromatic carbocycles. The van der Waals surface area contributed by atoms with Gasteiger partial charge in [-0.1, -0.05) is 29.4 Å². The summed E-state index contributed by atoms with van der Waals surface area (Å²) < 4.78 is 2.03. The molecule has 0 saturated carbocycles. The number of nitrogens with zero attached hydrogens (tertiary/aromatic N) is 3. The molecule has 0 fully saturated rings. The predicted molar refractivity (Wildman–Crippen MR) is 109 cm³/mol. The molecule has 0 aliphatic carbocycles. The van der Waals surface area contributed by atoms with Crippen molar-refractivity contribution >= 4 is 46.3 Å². The molecule has 26 heavy (non-hydrogen) atoms. The van der Waals surface area contributed by atoms with E-state index in [0.717, 1.165) is 34.3 Å². The molecule has 2 heterocycles. The van der Waals surface area contributed by atoms with Crippen molar-refractivity contribution in [1.29, 1.82) is 0 Å². The van der Waals surface area contributed by atoms with Gasteiger partial charge in [0.05, 0.1) is 5.75 Å². The van der Waals surface area contributed by atoms with E-state index in [1.807, 2.05) is 24.5 Å². The van der Waals surface area contributed by atoms with E-state index in [2.05, 4.69) is 33.9 Å². The molecule has 3 aromatic rings. The molecule has 2 aromatic heterocycles. The zero-order valence-corrected chi connectivity index (χ0v) is 17.1. The van der Waals surface area contributed by atoms with Gasteiger partial charge in [-0.05, 0) is 44.5 Å². The number of hydrogen-bond donors (Lipinski definition) is 1. The summed E-state index contributed by atoms with van der Waals surface area (Å²) in [6.45, 7) is 6.79. The number of thioether (sulfide) groups is 1. The quantitative estimate of drug-likeness (QED) is 0.583. The van der Waals surface area contributed by atoms with E-state index in [0.29, 0.717) is 5.02 Å². The first kappa shape index (κ1) is 18.9. The van der Waals surface area contributed by atoms with Gasteiger partial charge in [0, 0.05) is 33.1 Å². The molecule has 0 spiro atoms. The van der Waals surface area contributed by atoms with Gasteiger partial charge in [-0.15, -0.1) is 21.5 Å². The van der Waals surface area contributed by atoms with Gasteiger partial charge in [-0.3, -0.25) is 4.79 Å². The molecule has 1 N–H and O–H groups in total. The maximum Gasteiger partial charge on any atom is 0.234 e. The number of hydrogen-bond acceptors (Lipinski definition) is 5. The van der Waals surface area contributed by atoms with E-state index in [1.54, 1.807) is 23.5 Å². The van der Waals surface area contributed by atoms with Crippen molar-refractivity contribution in [2.45, 2.75) is 32.5 Å². The number of benzene rings is 1. The number of amides is 1. The van der Waals surface area contributed by atoms with Gasteiger partial charge in [0.25, 0.3) is 0 Å². The third kappa shape index (κ3) is 4.28. The Hall–Kier alpha value is -1.83. The van der Waals surface area contributed by atoms with Gasteiger partial charge in [0.1, 0.15) is 0 Å². The summed E-state index contributed by atoms with van der Waals surface area (Å²) in [6.07, 6.45) is 0. The van der Waals surface area contributed by atoms with Crippen LogP contribution in [0.4, 0.5) is 5.69 Å². The molecule has 0 aliphatic heterocycles. The van der Waals surface area contributed by atoms with Gasteiger partial charge in [0.2, 0.25) is 5.91 Å². The Bertz CT molecular complexity index is 935. The molecule has 0 aliphatic rings. The fourth-order valence-electron chi connectivity index (χ4n) is 2.50. The van der Waals surface area contributed by atoms with Crippen LogP contribution in [0, 0.1) is 13.8 Å². The normalized spacial score (nSPS) is 10.9. The number of carbonyl (C=O) groups is 1. The lowest BCUT2D eigenvalue weighted by atomic mass is 10.2. The Morgan fingerprint density at radius 2 is 2.12 bits per heavy atom. The van der Waals surface area contributed by atoms with Crippen molar-refractivity contribution in [1.82, 2.24) is 14.8 Å². The maximum atomic E-state index is 12.3. The molecule has 136 valence electrons. The summed E-state index contributed by atoms with van der Waals surface area (Å²) in [5.74, 6) is 0.997. The number of rotatable bonds is 6. The van der Waals surface area contributed by atoms with Crippen LogP contribution in [-0.4, -0.2) is 26.4 Å². The smallest absolute Gasteiger partial charge is 0.234 e. The van der Waals surface area contributed by atoms with E-state index >= 15 is 0 Å². The van der Waals surface area contributed by atoms with Gasteiger partial charge in [-0.2, -0.15) is 0 Å². The standard InChI is InChI=1S/C18H19ClN4OS2/c1-4-23-17(13-7-12(3)25-9-13)21-22-18(23)26-10-16(24)20-15-8-14(19)6-5-11(15)2/h5-9H,4,10H2,1-3H3,(H,20,24). The molecule has 0 saturated heterocycles. The summed E-state index contributed by atoms with van der Waals surface area (Å²) in [6, 6.07) is 7.54. The predicted octanol–water partition coefficient (Wildman–Crippen LogP) is 5.03.